The number of aromatic carboxylic acids is 2. The molecule has 1 aromatic carbocycles. The van der Waals surface area contributed by atoms with Crippen LogP contribution in [0.3, 0.4) is 0 Å². The summed E-state index contributed by atoms with van der Waals surface area (Å²) in [7, 11) is 0. The van der Waals surface area contributed by atoms with Gasteiger partial charge < -0.3 is 35.4 Å². The third-order valence-corrected chi connectivity index (χ3v) is 3.73. The zero-order valence-corrected chi connectivity index (χ0v) is 11.7. The average Bonchev–Trinajstić information content (AvgIpc) is 2.52. The van der Waals surface area contributed by atoms with E-state index < -0.39 is 49.1 Å². The zero-order chi connectivity index (χ0) is 17.3. The molecule has 126 valence electrons. The molecule has 0 aromatic heterocycles. The van der Waals surface area contributed by atoms with Gasteiger partial charge in [0.15, 0.2) is 0 Å². The van der Waals surface area contributed by atoms with Crippen LogP contribution in [0.15, 0.2) is 18.2 Å². The van der Waals surface area contributed by atoms with Crippen molar-refractivity contribution in [2.75, 3.05) is 6.61 Å². The van der Waals surface area contributed by atoms with Crippen LogP contribution in [-0.4, -0.2) is 73.6 Å². The van der Waals surface area contributed by atoms with E-state index in [4.69, 9.17) is 14.9 Å². The molecule has 6 N–H and O–H groups in total. The van der Waals surface area contributed by atoms with Gasteiger partial charge in [-0.15, -0.1) is 0 Å². The van der Waals surface area contributed by atoms with E-state index in [0.717, 1.165) is 18.2 Å². The number of carboxylic acids is 2. The van der Waals surface area contributed by atoms with Crippen LogP contribution >= 0.6 is 0 Å². The van der Waals surface area contributed by atoms with Gasteiger partial charge in [0.05, 0.1) is 17.7 Å². The largest absolute Gasteiger partial charge is 0.478 e. The Labute approximate surface area is 130 Å². The first-order valence-electron chi connectivity index (χ1n) is 6.69. The lowest BCUT2D eigenvalue weighted by Crippen LogP contribution is -2.55. The molecule has 0 spiro atoms. The normalized spacial score (nSPS) is 30.9. The van der Waals surface area contributed by atoms with Crippen LogP contribution in [0.25, 0.3) is 0 Å². The second-order valence-corrected chi connectivity index (χ2v) is 5.16. The van der Waals surface area contributed by atoms with Crippen LogP contribution in [0, 0.1) is 0 Å². The van der Waals surface area contributed by atoms with Crippen molar-refractivity contribution in [2.24, 2.45) is 0 Å². The van der Waals surface area contributed by atoms with Gasteiger partial charge in [-0.3, -0.25) is 0 Å². The van der Waals surface area contributed by atoms with Crippen molar-refractivity contribution in [1.82, 2.24) is 0 Å². The van der Waals surface area contributed by atoms with Crippen LogP contribution < -0.4 is 0 Å². The van der Waals surface area contributed by atoms with Crippen molar-refractivity contribution in [2.45, 2.75) is 30.5 Å². The molecule has 1 saturated heterocycles. The smallest absolute Gasteiger partial charge is 0.336 e. The summed E-state index contributed by atoms with van der Waals surface area (Å²) in [6.45, 7) is -0.678. The van der Waals surface area contributed by atoms with Crippen molar-refractivity contribution in [1.29, 1.82) is 0 Å². The second-order valence-electron chi connectivity index (χ2n) is 5.16. The van der Waals surface area contributed by atoms with E-state index in [1.54, 1.807) is 0 Å². The highest BCUT2D eigenvalue weighted by molar-refractivity contribution is 5.93. The van der Waals surface area contributed by atoms with Gasteiger partial charge in [0.1, 0.15) is 30.5 Å². The Morgan fingerprint density at radius 2 is 1.65 bits per heavy atom. The zero-order valence-electron chi connectivity index (χ0n) is 11.7. The fraction of sp³-hybridized carbons (Fsp3) is 0.429. The van der Waals surface area contributed by atoms with Crippen molar-refractivity contribution >= 4 is 11.9 Å². The molecule has 1 heterocycles. The number of benzene rings is 1. The maximum Gasteiger partial charge on any atom is 0.336 e. The summed E-state index contributed by atoms with van der Waals surface area (Å²) in [6.07, 6.45) is -7.64. The Morgan fingerprint density at radius 3 is 2.17 bits per heavy atom. The average molecular weight is 328 g/mol. The highest BCUT2D eigenvalue weighted by Crippen LogP contribution is 2.34. The first-order valence-corrected chi connectivity index (χ1v) is 6.69. The number of aliphatic hydroxyl groups excluding tert-OH is 4. The van der Waals surface area contributed by atoms with E-state index in [-0.39, 0.29) is 16.7 Å². The van der Waals surface area contributed by atoms with Gasteiger partial charge in [0, 0.05) is 0 Å². The predicted molar refractivity (Wildman–Crippen MR) is 73.1 cm³/mol. The van der Waals surface area contributed by atoms with E-state index in [9.17, 15) is 30.0 Å². The van der Waals surface area contributed by atoms with Crippen molar-refractivity contribution in [3.05, 3.63) is 34.9 Å². The van der Waals surface area contributed by atoms with Crippen LogP contribution in [0.2, 0.25) is 0 Å². The Morgan fingerprint density at radius 1 is 1.00 bits per heavy atom. The third kappa shape index (κ3) is 3.19. The van der Waals surface area contributed by atoms with E-state index in [2.05, 4.69) is 0 Å². The SMILES string of the molecule is O=C(O)c1ccc(C(=O)O)c(C2O[C@H](CO)[C@@H](O)[C@H](O)[C@H]2O)c1. The Hall–Kier alpha value is -2.04. The predicted octanol–water partition coefficient (Wildman–Crippen LogP) is -1.40. The fourth-order valence-corrected chi connectivity index (χ4v) is 2.48. The molecular formula is C14H16O9. The summed E-state index contributed by atoms with van der Waals surface area (Å²) < 4.78 is 5.28. The minimum absolute atomic E-state index is 0.172. The monoisotopic (exact) mass is 328 g/mol. The molecular weight excluding hydrogens is 312 g/mol. The molecule has 2 rings (SSSR count). The lowest BCUT2D eigenvalue weighted by Gasteiger charge is -2.40. The molecule has 0 aliphatic carbocycles. The standard InChI is InChI=1S/C14H16O9/c15-4-8-9(16)10(17)11(18)12(23-8)7-3-5(13(19)20)1-2-6(7)14(21)22/h1-3,8-12,15-18H,4H2,(H,19,20)(H,21,22)/t8-,9-,10+,11-,12?/m1/s1. The molecule has 1 aromatic rings. The summed E-state index contributed by atoms with van der Waals surface area (Å²) in [5, 5.41) is 57.0. The summed E-state index contributed by atoms with van der Waals surface area (Å²) in [6, 6.07) is 3.14. The molecule has 1 fully saturated rings. The fourth-order valence-electron chi connectivity index (χ4n) is 2.48. The molecule has 0 amide bonds. The molecule has 9 heteroatoms. The summed E-state index contributed by atoms with van der Waals surface area (Å²) in [5.41, 5.74) is -0.726. The van der Waals surface area contributed by atoms with Crippen LogP contribution in [0.5, 0.6) is 0 Å². The van der Waals surface area contributed by atoms with Gasteiger partial charge in [0.25, 0.3) is 0 Å². The maximum absolute atomic E-state index is 11.3. The maximum atomic E-state index is 11.3. The second kappa shape index (κ2) is 6.60. The summed E-state index contributed by atoms with van der Waals surface area (Å²) in [5.74, 6) is -2.69. The third-order valence-electron chi connectivity index (χ3n) is 3.73. The summed E-state index contributed by atoms with van der Waals surface area (Å²) >= 11 is 0. The van der Waals surface area contributed by atoms with E-state index in [0.29, 0.717) is 0 Å². The number of carbonyl (C=O) groups is 2. The van der Waals surface area contributed by atoms with E-state index in [1.807, 2.05) is 0 Å². The van der Waals surface area contributed by atoms with Gasteiger partial charge in [-0.1, -0.05) is 0 Å². The van der Waals surface area contributed by atoms with Gasteiger partial charge in [0.2, 0.25) is 0 Å². The quantitative estimate of drug-likeness (QED) is 0.390. The minimum atomic E-state index is -1.70. The number of hydrogen-bond acceptors (Lipinski definition) is 7. The summed E-state index contributed by atoms with van der Waals surface area (Å²) in [4.78, 5) is 22.4. The van der Waals surface area contributed by atoms with Crippen LogP contribution in [0.4, 0.5) is 0 Å². The van der Waals surface area contributed by atoms with Crippen molar-refractivity contribution < 1.29 is 45.0 Å². The van der Waals surface area contributed by atoms with Gasteiger partial charge in [-0.2, -0.15) is 0 Å². The molecule has 0 bridgehead atoms. The van der Waals surface area contributed by atoms with Gasteiger partial charge >= 0.3 is 11.9 Å². The molecule has 9 nitrogen and oxygen atoms in total. The molecule has 1 aliphatic heterocycles. The van der Waals surface area contributed by atoms with Crippen molar-refractivity contribution in [3.8, 4) is 0 Å². The number of aliphatic hydroxyl groups is 4. The molecule has 5 atom stereocenters. The van der Waals surface area contributed by atoms with Crippen LogP contribution in [-0.2, 0) is 4.74 Å². The number of ether oxygens (including phenoxy) is 1. The van der Waals surface area contributed by atoms with Gasteiger partial charge in [-0.05, 0) is 23.8 Å². The highest BCUT2D eigenvalue weighted by atomic mass is 16.5. The van der Waals surface area contributed by atoms with E-state index in [1.165, 1.54) is 0 Å². The molecule has 0 saturated carbocycles. The Kier molecular flexibility index (Phi) is 4.97. The van der Waals surface area contributed by atoms with Gasteiger partial charge in [-0.25, -0.2) is 9.59 Å². The lowest BCUT2D eigenvalue weighted by molar-refractivity contribution is -0.231. The molecule has 1 aliphatic rings. The topological polar surface area (TPSA) is 165 Å². The first-order chi connectivity index (χ1) is 10.8. The molecule has 23 heavy (non-hydrogen) atoms. The first kappa shape index (κ1) is 17.3. The Bertz CT molecular complexity index is 612. The molecule has 1 unspecified atom stereocenters. The Balaban J connectivity index is 2.51. The number of carboxylic acid groups (broad SMARTS) is 2. The number of rotatable bonds is 4. The van der Waals surface area contributed by atoms with Crippen molar-refractivity contribution in [3.63, 3.8) is 0 Å². The lowest BCUT2D eigenvalue weighted by atomic mass is 9.88. The number of hydrogen-bond donors (Lipinski definition) is 6. The van der Waals surface area contributed by atoms with E-state index >= 15 is 0 Å². The highest BCUT2D eigenvalue weighted by Gasteiger charge is 2.45. The molecule has 0 radical (unpaired) electrons. The van der Waals surface area contributed by atoms with Crippen LogP contribution in [0.1, 0.15) is 32.4 Å². The minimum Gasteiger partial charge on any atom is -0.478 e.